The minimum Gasteiger partial charge on any atom is -0.360 e. The van der Waals surface area contributed by atoms with Gasteiger partial charge in [-0.05, 0) is 40.5 Å². The second kappa shape index (κ2) is 6.73. The van der Waals surface area contributed by atoms with Crippen LogP contribution in [0.1, 0.15) is 39.4 Å². The molecule has 0 aliphatic carbocycles. The molecule has 1 aromatic rings. The summed E-state index contributed by atoms with van der Waals surface area (Å²) in [5, 5.41) is 6.08. The van der Waals surface area contributed by atoms with Gasteiger partial charge >= 0.3 is 0 Å². The Morgan fingerprint density at radius 2 is 2.27 bits per heavy atom. The fraction of sp³-hybridized carbons (Fsp3) is 0.667. The van der Waals surface area contributed by atoms with Gasteiger partial charge in [0.25, 0.3) is 0 Å². The maximum atomic E-state index is 12.3. The number of likely N-dealkylation sites (tertiary alicyclic amines) is 1. The molecule has 0 radical (unpaired) electrons. The van der Waals surface area contributed by atoms with Crippen molar-refractivity contribution >= 4 is 29.4 Å². The number of aromatic nitrogens is 1. The Labute approximate surface area is 135 Å². The smallest absolute Gasteiger partial charge is 0.238 e. The Morgan fingerprint density at radius 3 is 2.82 bits per heavy atom. The van der Waals surface area contributed by atoms with E-state index in [0.717, 1.165) is 19.4 Å². The van der Waals surface area contributed by atoms with Crippen molar-refractivity contribution in [3.8, 4) is 0 Å². The van der Waals surface area contributed by atoms with Crippen molar-refractivity contribution in [1.29, 1.82) is 0 Å². The van der Waals surface area contributed by atoms with Gasteiger partial charge in [-0.25, -0.2) is 0 Å². The number of nitrogens with zero attached hydrogens (tertiary/aromatic N) is 2. The van der Waals surface area contributed by atoms with Gasteiger partial charge in [0.15, 0.2) is 5.82 Å². The van der Waals surface area contributed by atoms with Crippen LogP contribution in [0.2, 0.25) is 0 Å². The molecule has 2 rings (SSSR count). The number of aryl methyl sites for hydroxylation is 1. The SMILES string of the molecule is Cc1cc(NC(=O)C(C)SCC(=O)N2CCCC2(C)C)no1. The van der Waals surface area contributed by atoms with Crippen LogP contribution in [-0.2, 0) is 9.59 Å². The Kier molecular flexibility index (Phi) is 5.16. The monoisotopic (exact) mass is 325 g/mol. The Balaban J connectivity index is 1.80. The average molecular weight is 325 g/mol. The van der Waals surface area contributed by atoms with Gasteiger partial charge in [0.2, 0.25) is 11.8 Å². The van der Waals surface area contributed by atoms with E-state index >= 15 is 0 Å². The number of thioether (sulfide) groups is 1. The Morgan fingerprint density at radius 1 is 1.55 bits per heavy atom. The number of amides is 2. The lowest BCUT2D eigenvalue weighted by Crippen LogP contribution is -2.43. The zero-order chi connectivity index (χ0) is 16.3. The van der Waals surface area contributed by atoms with Gasteiger partial charge in [-0.1, -0.05) is 5.16 Å². The molecule has 1 aromatic heterocycles. The van der Waals surface area contributed by atoms with Crippen molar-refractivity contribution in [2.24, 2.45) is 0 Å². The number of anilines is 1. The minimum absolute atomic E-state index is 0.0681. The quantitative estimate of drug-likeness (QED) is 0.900. The number of rotatable bonds is 5. The van der Waals surface area contributed by atoms with Crippen LogP contribution in [0.5, 0.6) is 0 Å². The number of hydrogen-bond acceptors (Lipinski definition) is 5. The summed E-state index contributed by atoms with van der Waals surface area (Å²) in [6.45, 7) is 8.54. The molecule has 1 aliphatic rings. The van der Waals surface area contributed by atoms with Gasteiger partial charge in [-0.3, -0.25) is 9.59 Å². The molecule has 6 nitrogen and oxygen atoms in total. The highest BCUT2D eigenvalue weighted by molar-refractivity contribution is 8.01. The number of hydrogen-bond donors (Lipinski definition) is 1. The fourth-order valence-electron chi connectivity index (χ4n) is 2.57. The molecule has 1 saturated heterocycles. The second-order valence-corrected chi connectivity index (χ2v) is 7.56. The molecule has 22 heavy (non-hydrogen) atoms. The number of carbonyl (C=O) groups excluding carboxylic acids is 2. The summed E-state index contributed by atoms with van der Waals surface area (Å²) < 4.78 is 4.90. The predicted molar refractivity (Wildman–Crippen MR) is 86.8 cm³/mol. The molecular weight excluding hydrogens is 302 g/mol. The fourth-order valence-corrected chi connectivity index (χ4v) is 3.33. The summed E-state index contributed by atoms with van der Waals surface area (Å²) in [6.07, 6.45) is 2.08. The first-order valence-corrected chi connectivity index (χ1v) is 8.51. The maximum Gasteiger partial charge on any atom is 0.238 e. The first-order chi connectivity index (χ1) is 10.3. The van der Waals surface area contributed by atoms with E-state index in [2.05, 4.69) is 24.3 Å². The molecule has 1 aliphatic heterocycles. The first kappa shape index (κ1) is 16.9. The van der Waals surface area contributed by atoms with Gasteiger partial charge in [-0.2, -0.15) is 0 Å². The normalized spacial score (nSPS) is 18.3. The first-order valence-electron chi connectivity index (χ1n) is 7.46. The van der Waals surface area contributed by atoms with Gasteiger partial charge in [0.05, 0.1) is 11.0 Å². The van der Waals surface area contributed by atoms with E-state index < -0.39 is 0 Å². The summed E-state index contributed by atoms with van der Waals surface area (Å²) in [5.41, 5.74) is -0.0681. The van der Waals surface area contributed by atoms with Crippen molar-refractivity contribution in [3.05, 3.63) is 11.8 Å². The third-order valence-electron chi connectivity index (χ3n) is 3.91. The van der Waals surface area contributed by atoms with Crippen molar-refractivity contribution in [2.75, 3.05) is 17.6 Å². The molecule has 0 spiro atoms. The zero-order valence-electron chi connectivity index (χ0n) is 13.5. The van der Waals surface area contributed by atoms with Gasteiger partial charge < -0.3 is 14.7 Å². The third kappa shape index (κ3) is 4.03. The molecule has 7 heteroatoms. The highest BCUT2D eigenvalue weighted by atomic mass is 32.2. The van der Waals surface area contributed by atoms with Gasteiger partial charge in [0, 0.05) is 18.2 Å². The molecule has 1 N–H and O–H groups in total. The molecule has 2 heterocycles. The van der Waals surface area contributed by atoms with Crippen LogP contribution in [0.15, 0.2) is 10.6 Å². The van der Waals surface area contributed by atoms with E-state index in [4.69, 9.17) is 4.52 Å². The van der Waals surface area contributed by atoms with Gasteiger partial charge in [0.1, 0.15) is 5.76 Å². The lowest BCUT2D eigenvalue weighted by molar-refractivity contribution is -0.131. The van der Waals surface area contributed by atoms with Crippen LogP contribution in [-0.4, -0.2) is 45.0 Å². The van der Waals surface area contributed by atoms with Crippen LogP contribution in [0.25, 0.3) is 0 Å². The van der Waals surface area contributed by atoms with Crippen LogP contribution in [0.3, 0.4) is 0 Å². The predicted octanol–water partition coefficient (Wildman–Crippen LogP) is 2.44. The van der Waals surface area contributed by atoms with E-state index in [1.54, 1.807) is 19.9 Å². The molecule has 0 saturated carbocycles. The maximum absolute atomic E-state index is 12.3. The molecule has 1 atom stereocenters. The van der Waals surface area contributed by atoms with Crippen molar-refractivity contribution in [1.82, 2.24) is 10.1 Å². The van der Waals surface area contributed by atoms with E-state index in [9.17, 15) is 9.59 Å². The molecule has 1 unspecified atom stereocenters. The van der Waals surface area contributed by atoms with Crippen molar-refractivity contribution < 1.29 is 14.1 Å². The van der Waals surface area contributed by atoms with Crippen LogP contribution in [0.4, 0.5) is 5.82 Å². The average Bonchev–Trinajstić information content (AvgIpc) is 3.00. The zero-order valence-corrected chi connectivity index (χ0v) is 14.3. The summed E-state index contributed by atoms with van der Waals surface area (Å²) in [7, 11) is 0. The topological polar surface area (TPSA) is 75.4 Å². The Bertz CT molecular complexity index is 556. The van der Waals surface area contributed by atoms with Crippen LogP contribution >= 0.6 is 11.8 Å². The largest absolute Gasteiger partial charge is 0.360 e. The molecular formula is C15H23N3O3S. The van der Waals surface area contributed by atoms with Crippen molar-refractivity contribution in [3.63, 3.8) is 0 Å². The summed E-state index contributed by atoms with van der Waals surface area (Å²) in [5.74, 6) is 1.29. The standard InChI is InChI=1S/C15H23N3O3S/c1-10-8-12(17-21-10)16-14(20)11(2)22-9-13(19)18-7-5-6-15(18,3)4/h8,11H,5-7,9H2,1-4H3,(H,16,17,20). The highest BCUT2D eigenvalue weighted by Crippen LogP contribution is 2.29. The molecule has 2 amide bonds. The Hall–Kier alpha value is -1.50. The lowest BCUT2D eigenvalue weighted by Gasteiger charge is -2.31. The summed E-state index contributed by atoms with van der Waals surface area (Å²) >= 11 is 1.34. The molecule has 1 fully saturated rings. The van der Waals surface area contributed by atoms with E-state index in [1.807, 2.05) is 4.90 Å². The summed E-state index contributed by atoms with van der Waals surface area (Å²) in [6, 6.07) is 1.66. The van der Waals surface area contributed by atoms with Crippen LogP contribution < -0.4 is 5.32 Å². The van der Waals surface area contributed by atoms with Crippen LogP contribution in [0, 0.1) is 6.92 Å². The number of carbonyl (C=O) groups is 2. The highest BCUT2D eigenvalue weighted by Gasteiger charge is 2.35. The molecule has 0 aromatic carbocycles. The minimum atomic E-state index is -0.327. The van der Waals surface area contributed by atoms with E-state index in [0.29, 0.717) is 17.3 Å². The van der Waals surface area contributed by atoms with E-state index in [1.165, 1.54) is 11.8 Å². The summed E-state index contributed by atoms with van der Waals surface area (Å²) in [4.78, 5) is 26.3. The number of nitrogens with one attached hydrogen (secondary N) is 1. The third-order valence-corrected chi connectivity index (χ3v) is 5.04. The van der Waals surface area contributed by atoms with Gasteiger partial charge in [-0.15, -0.1) is 11.8 Å². The molecule has 0 bridgehead atoms. The lowest BCUT2D eigenvalue weighted by atomic mass is 10.0. The van der Waals surface area contributed by atoms with Crippen molar-refractivity contribution in [2.45, 2.75) is 51.3 Å². The molecule has 122 valence electrons. The van der Waals surface area contributed by atoms with E-state index in [-0.39, 0.29) is 22.6 Å². The second-order valence-electron chi connectivity index (χ2n) is 6.23.